The predicted octanol–water partition coefficient (Wildman–Crippen LogP) is 5.93. The zero-order chi connectivity index (χ0) is 26.9. The van der Waals surface area contributed by atoms with Crippen LogP contribution in [0.3, 0.4) is 0 Å². The first kappa shape index (κ1) is 25.7. The van der Waals surface area contributed by atoms with Gasteiger partial charge in [0, 0.05) is 43.0 Å². The molecule has 3 heterocycles. The fraction of sp³-hybridized carbons (Fsp3) is 0.296. The number of benzene rings is 2. The van der Waals surface area contributed by atoms with E-state index in [9.17, 15) is 18.0 Å². The molecule has 0 spiro atoms. The van der Waals surface area contributed by atoms with E-state index in [2.05, 4.69) is 34.0 Å². The number of rotatable bonds is 5. The van der Waals surface area contributed by atoms with Crippen LogP contribution in [-0.2, 0) is 17.5 Å². The summed E-state index contributed by atoms with van der Waals surface area (Å²) in [5.41, 5.74) is 0.921. The molecule has 4 aromatic rings. The summed E-state index contributed by atoms with van der Waals surface area (Å²) >= 11 is 0. The summed E-state index contributed by atoms with van der Waals surface area (Å²) in [6, 6.07) is 12.6. The second-order valence-corrected chi connectivity index (χ2v) is 9.31. The van der Waals surface area contributed by atoms with Crippen LogP contribution in [0.25, 0.3) is 10.9 Å². The standard InChI is InChI=1S/C27H26F3N5O3/c1-17-13-34(14-18(2)37-17)15-22-12-25(32-16-31-22)38-23-7-8-24-19(11-23)9-10-35(24)26(36)33-21-5-3-20(4-6-21)27(28,29)30/h3-12,16-18H,13-15H2,1-2H3,(H,33,36). The maximum Gasteiger partial charge on any atom is 0.416 e. The molecule has 0 radical (unpaired) electrons. The van der Waals surface area contributed by atoms with E-state index in [4.69, 9.17) is 9.47 Å². The number of alkyl halides is 3. The van der Waals surface area contributed by atoms with Gasteiger partial charge in [-0.15, -0.1) is 0 Å². The van der Waals surface area contributed by atoms with Gasteiger partial charge in [-0.2, -0.15) is 13.2 Å². The first-order valence-electron chi connectivity index (χ1n) is 12.1. The molecule has 5 rings (SSSR count). The lowest BCUT2D eigenvalue weighted by Gasteiger charge is -2.35. The molecule has 2 unspecified atom stereocenters. The van der Waals surface area contributed by atoms with Crippen LogP contribution in [0.5, 0.6) is 11.6 Å². The number of hydrogen-bond donors (Lipinski definition) is 1. The number of anilines is 1. The highest BCUT2D eigenvalue weighted by molar-refractivity contribution is 5.98. The molecule has 1 N–H and O–H groups in total. The van der Waals surface area contributed by atoms with Crippen molar-refractivity contribution in [1.82, 2.24) is 19.4 Å². The van der Waals surface area contributed by atoms with Crippen LogP contribution in [0.1, 0.15) is 25.1 Å². The number of ether oxygens (including phenoxy) is 2. The minimum atomic E-state index is -4.44. The first-order valence-corrected chi connectivity index (χ1v) is 12.1. The van der Waals surface area contributed by atoms with Gasteiger partial charge in [0.1, 0.15) is 12.1 Å². The summed E-state index contributed by atoms with van der Waals surface area (Å²) in [6.07, 6.45) is -1.06. The number of carbonyl (C=O) groups is 1. The lowest BCUT2D eigenvalue weighted by atomic mass is 10.2. The second kappa shape index (κ2) is 10.4. The summed E-state index contributed by atoms with van der Waals surface area (Å²) < 4.78 is 51.5. The Morgan fingerprint density at radius 2 is 1.79 bits per heavy atom. The van der Waals surface area contributed by atoms with E-state index in [0.717, 1.165) is 36.3 Å². The summed E-state index contributed by atoms with van der Waals surface area (Å²) in [7, 11) is 0. The molecule has 8 nitrogen and oxygen atoms in total. The molecule has 1 aliphatic heterocycles. The van der Waals surface area contributed by atoms with Crippen molar-refractivity contribution >= 4 is 22.6 Å². The van der Waals surface area contributed by atoms with Crippen molar-refractivity contribution in [3.63, 3.8) is 0 Å². The molecule has 1 amide bonds. The molecule has 1 saturated heterocycles. The summed E-state index contributed by atoms with van der Waals surface area (Å²) in [5.74, 6) is 0.944. The van der Waals surface area contributed by atoms with Crippen molar-refractivity contribution in [2.75, 3.05) is 18.4 Å². The summed E-state index contributed by atoms with van der Waals surface area (Å²) in [6.45, 7) is 6.42. The maximum atomic E-state index is 12.8. The molecule has 0 saturated carbocycles. The number of halogens is 3. The van der Waals surface area contributed by atoms with Gasteiger partial charge in [0.05, 0.1) is 29.0 Å². The van der Waals surface area contributed by atoms with Crippen LogP contribution < -0.4 is 10.1 Å². The van der Waals surface area contributed by atoms with Crippen molar-refractivity contribution in [2.24, 2.45) is 0 Å². The number of nitrogens with zero attached hydrogens (tertiary/aromatic N) is 4. The smallest absolute Gasteiger partial charge is 0.416 e. The molecule has 2 atom stereocenters. The van der Waals surface area contributed by atoms with Gasteiger partial charge >= 0.3 is 12.2 Å². The zero-order valence-electron chi connectivity index (χ0n) is 20.8. The van der Waals surface area contributed by atoms with Crippen molar-refractivity contribution in [3.05, 3.63) is 78.4 Å². The molecule has 0 aliphatic carbocycles. The molecule has 2 aromatic heterocycles. The lowest BCUT2D eigenvalue weighted by molar-refractivity contribution is -0.137. The zero-order valence-corrected chi connectivity index (χ0v) is 20.8. The maximum absolute atomic E-state index is 12.8. The Bertz CT molecular complexity index is 1430. The van der Waals surface area contributed by atoms with Gasteiger partial charge in [-0.25, -0.2) is 14.8 Å². The molecule has 1 fully saturated rings. The number of aromatic nitrogens is 3. The SMILES string of the molecule is CC1CN(Cc2cc(Oc3ccc4c(ccn4C(=O)Nc4ccc(C(F)(F)F)cc4)c3)ncn2)CC(C)O1. The van der Waals surface area contributed by atoms with Crippen LogP contribution in [0, 0.1) is 0 Å². The average Bonchev–Trinajstić information content (AvgIpc) is 3.27. The Morgan fingerprint density at radius 1 is 1.05 bits per heavy atom. The highest BCUT2D eigenvalue weighted by Crippen LogP contribution is 2.30. The molecular formula is C27H26F3N5O3. The molecule has 198 valence electrons. The minimum absolute atomic E-state index is 0.160. The fourth-order valence-corrected chi connectivity index (χ4v) is 4.57. The van der Waals surface area contributed by atoms with E-state index >= 15 is 0 Å². The third-order valence-electron chi connectivity index (χ3n) is 6.15. The van der Waals surface area contributed by atoms with E-state index < -0.39 is 17.8 Å². The van der Waals surface area contributed by atoms with Crippen molar-refractivity contribution in [1.29, 1.82) is 0 Å². The Labute approximate surface area is 217 Å². The van der Waals surface area contributed by atoms with Crippen LogP contribution in [0.15, 0.2) is 67.1 Å². The van der Waals surface area contributed by atoms with Crippen molar-refractivity contribution in [2.45, 2.75) is 38.8 Å². The largest absolute Gasteiger partial charge is 0.439 e. The van der Waals surface area contributed by atoms with Crippen LogP contribution in [0.2, 0.25) is 0 Å². The van der Waals surface area contributed by atoms with Crippen LogP contribution in [-0.4, -0.2) is 50.8 Å². The minimum Gasteiger partial charge on any atom is -0.439 e. The Balaban J connectivity index is 1.26. The highest BCUT2D eigenvalue weighted by Gasteiger charge is 2.30. The summed E-state index contributed by atoms with van der Waals surface area (Å²) in [4.78, 5) is 23.6. The van der Waals surface area contributed by atoms with Gasteiger partial charge < -0.3 is 14.8 Å². The fourth-order valence-electron chi connectivity index (χ4n) is 4.57. The molecular weight excluding hydrogens is 499 g/mol. The first-order chi connectivity index (χ1) is 18.1. The molecule has 38 heavy (non-hydrogen) atoms. The molecule has 2 aromatic carbocycles. The van der Waals surface area contributed by atoms with E-state index in [-0.39, 0.29) is 17.9 Å². The van der Waals surface area contributed by atoms with E-state index in [1.807, 2.05) is 0 Å². The predicted molar refractivity (Wildman–Crippen MR) is 135 cm³/mol. The van der Waals surface area contributed by atoms with Gasteiger partial charge in [-0.3, -0.25) is 9.47 Å². The van der Waals surface area contributed by atoms with Crippen molar-refractivity contribution in [3.8, 4) is 11.6 Å². The number of nitrogens with one attached hydrogen (secondary N) is 1. The van der Waals surface area contributed by atoms with E-state index in [1.54, 1.807) is 36.5 Å². The van der Waals surface area contributed by atoms with E-state index in [1.165, 1.54) is 23.0 Å². The lowest BCUT2D eigenvalue weighted by Crippen LogP contribution is -2.44. The Morgan fingerprint density at radius 3 is 2.50 bits per heavy atom. The molecule has 1 aliphatic rings. The molecule has 11 heteroatoms. The normalized spacial score (nSPS) is 18.4. The number of morpholine rings is 1. The highest BCUT2D eigenvalue weighted by atomic mass is 19.4. The topological polar surface area (TPSA) is 81.5 Å². The van der Waals surface area contributed by atoms with Gasteiger partial charge in [0.15, 0.2) is 0 Å². The van der Waals surface area contributed by atoms with Crippen LogP contribution >= 0.6 is 0 Å². The number of carbonyl (C=O) groups excluding carboxylic acids is 1. The van der Waals surface area contributed by atoms with Gasteiger partial charge in [-0.1, -0.05) is 0 Å². The van der Waals surface area contributed by atoms with Crippen LogP contribution in [0.4, 0.5) is 23.7 Å². The third-order valence-corrected chi connectivity index (χ3v) is 6.15. The Hall–Kier alpha value is -3.96. The number of fused-ring (bicyclic) bond motifs is 1. The monoisotopic (exact) mass is 525 g/mol. The van der Waals surface area contributed by atoms with E-state index in [0.29, 0.717) is 23.7 Å². The second-order valence-electron chi connectivity index (χ2n) is 9.31. The number of hydrogen-bond acceptors (Lipinski definition) is 6. The average molecular weight is 526 g/mol. The van der Waals surface area contributed by atoms with Gasteiger partial charge in [-0.05, 0) is 62.4 Å². The van der Waals surface area contributed by atoms with Crippen molar-refractivity contribution < 1.29 is 27.4 Å². The molecule has 0 bridgehead atoms. The Kier molecular flexibility index (Phi) is 7.04. The quantitative estimate of drug-likeness (QED) is 0.348. The number of amides is 1. The van der Waals surface area contributed by atoms with Gasteiger partial charge in [0.2, 0.25) is 5.88 Å². The third kappa shape index (κ3) is 5.95. The van der Waals surface area contributed by atoms with Gasteiger partial charge in [0.25, 0.3) is 0 Å². The summed E-state index contributed by atoms with van der Waals surface area (Å²) in [5, 5.41) is 3.36.